The molecule has 0 radical (unpaired) electrons. The third-order valence-corrected chi connectivity index (χ3v) is 7.63. The summed E-state index contributed by atoms with van der Waals surface area (Å²) in [5, 5.41) is 13.4. The summed E-state index contributed by atoms with van der Waals surface area (Å²) < 4.78 is 20.1. The number of amides is 2. The van der Waals surface area contributed by atoms with Crippen molar-refractivity contribution in [1.82, 2.24) is 10.2 Å². The lowest BCUT2D eigenvalue weighted by molar-refractivity contribution is -0.131. The molecule has 37 heavy (non-hydrogen) atoms. The summed E-state index contributed by atoms with van der Waals surface area (Å²) in [5.74, 6) is -1.25. The highest BCUT2D eigenvalue weighted by Gasteiger charge is 2.40. The Morgan fingerprint density at radius 3 is 2.70 bits per heavy atom. The summed E-state index contributed by atoms with van der Waals surface area (Å²) in [6.07, 6.45) is 1.54. The first-order valence-electron chi connectivity index (χ1n) is 12.8. The van der Waals surface area contributed by atoms with E-state index in [0.717, 1.165) is 17.2 Å². The van der Waals surface area contributed by atoms with Gasteiger partial charge in [-0.1, -0.05) is 38.1 Å². The number of nitrogens with two attached hydrogens (primary N) is 1. The Labute approximate surface area is 216 Å². The molecule has 1 aliphatic heterocycles. The van der Waals surface area contributed by atoms with E-state index in [0.29, 0.717) is 31.2 Å². The first-order chi connectivity index (χ1) is 17.7. The number of methoxy groups -OCH3 is 1. The molecule has 1 unspecified atom stereocenters. The molecule has 9 heteroatoms. The summed E-state index contributed by atoms with van der Waals surface area (Å²) >= 11 is 0. The van der Waals surface area contributed by atoms with Crippen LogP contribution in [0.5, 0.6) is 0 Å². The van der Waals surface area contributed by atoms with Crippen LogP contribution < -0.4 is 11.1 Å². The van der Waals surface area contributed by atoms with Gasteiger partial charge in [0.15, 0.2) is 5.96 Å². The predicted molar refractivity (Wildman–Crippen MR) is 138 cm³/mol. The van der Waals surface area contributed by atoms with Gasteiger partial charge in [-0.2, -0.15) is 0 Å². The van der Waals surface area contributed by atoms with Crippen molar-refractivity contribution in [3.8, 4) is 0 Å². The number of fused-ring (bicyclic) bond motifs is 1. The Morgan fingerprint density at radius 1 is 1.30 bits per heavy atom. The van der Waals surface area contributed by atoms with E-state index < -0.39 is 35.5 Å². The molecule has 2 aliphatic rings. The number of carbonyl (C=O) groups is 2. The molecule has 2 amide bonds. The Bertz CT molecular complexity index is 1200. The third kappa shape index (κ3) is 5.38. The minimum atomic E-state index is -0.775. The number of ether oxygens (including phenoxy) is 1. The normalized spacial score (nSPS) is 21.4. The van der Waals surface area contributed by atoms with Gasteiger partial charge in [-0.25, -0.2) is 9.38 Å². The molecular weight excluding hydrogens is 475 g/mol. The van der Waals surface area contributed by atoms with Crippen LogP contribution in [-0.4, -0.2) is 53.1 Å². The van der Waals surface area contributed by atoms with Crippen molar-refractivity contribution >= 4 is 17.8 Å². The van der Waals surface area contributed by atoms with E-state index in [9.17, 15) is 19.1 Å². The number of aliphatic imine (C=N–C) groups is 1. The van der Waals surface area contributed by atoms with Gasteiger partial charge in [0.2, 0.25) is 5.91 Å². The Morgan fingerprint density at radius 2 is 2.03 bits per heavy atom. The number of nitrogens with one attached hydrogen (secondary N) is 1. The average molecular weight is 511 g/mol. The van der Waals surface area contributed by atoms with Crippen molar-refractivity contribution in [2.45, 2.75) is 69.7 Å². The molecule has 0 spiro atoms. The molecule has 0 saturated heterocycles. The standard InChI is InChI=1S/C28H35FN4O4/c1-4-28(5-2)16-24(35)33(27(30)32-28)22(10-11-37-3)18-12-19(14-20(29)13-18)26(36)31-25-21-9-7-6-8-17(21)15-23(25)34/h6-9,12-14,22-23,25,34H,4-5,10-11,15-16H2,1-3H3,(H2,30,32)(H,31,36)/t22?,23-,25-/m1/s1. The number of aliphatic hydroxyl groups excluding tert-OH is 1. The van der Waals surface area contributed by atoms with Gasteiger partial charge >= 0.3 is 0 Å². The molecule has 0 aromatic heterocycles. The fraction of sp³-hybridized carbons (Fsp3) is 0.464. The zero-order valence-electron chi connectivity index (χ0n) is 21.5. The molecular formula is C28H35FN4O4. The largest absolute Gasteiger partial charge is 0.390 e. The number of aliphatic hydroxyl groups is 1. The number of hydrogen-bond donors (Lipinski definition) is 3. The molecule has 4 N–H and O–H groups in total. The van der Waals surface area contributed by atoms with Crippen LogP contribution in [0.15, 0.2) is 47.5 Å². The fourth-order valence-corrected chi connectivity index (χ4v) is 5.40. The lowest BCUT2D eigenvalue weighted by atomic mass is 9.87. The van der Waals surface area contributed by atoms with Crippen LogP contribution in [0, 0.1) is 5.82 Å². The first-order valence-corrected chi connectivity index (χ1v) is 12.8. The van der Waals surface area contributed by atoms with Gasteiger partial charge in [-0.15, -0.1) is 0 Å². The second-order valence-corrected chi connectivity index (χ2v) is 9.83. The number of halogens is 1. The van der Waals surface area contributed by atoms with Crippen LogP contribution in [-0.2, 0) is 16.0 Å². The third-order valence-electron chi connectivity index (χ3n) is 7.63. The zero-order valence-corrected chi connectivity index (χ0v) is 21.5. The lowest BCUT2D eigenvalue weighted by Crippen LogP contribution is -2.52. The maximum Gasteiger partial charge on any atom is 0.251 e. The molecule has 1 aliphatic carbocycles. The van der Waals surface area contributed by atoms with E-state index >= 15 is 0 Å². The first kappa shape index (κ1) is 26.8. The van der Waals surface area contributed by atoms with E-state index in [1.165, 1.54) is 11.0 Å². The lowest BCUT2D eigenvalue weighted by Gasteiger charge is -2.40. The molecule has 3 atom stereocenters. The minimum absolute atomic E-state index is 0.0852. The van der Waals surface area contributed by atoms with Crippen LogP contribution in [0.25, 0.3) is 0 Å². The summed E-state index contributed by atoms with van der Waals surface area (Å²) in [4.78, 5) is 32.6. The van der Waals surface area contributed by atoms with Gasteiger partial charge in [0.05, 0.1) is 30.1 Å². The number of rotatable bonds is 9. The number of benzene rings is 2. The predicted octanol–water partition coefficient (Wildman–Crippen LogP) is 3.40. The molecule has 0 fully saturated rings. The van der Waals surface area contributed by atoms with Gasteiger partial charge in [0.1, 0.15) is 5.82 Å². The Hall–Kier alpha value is -3.30. The molecule has 4 rings (SSSR count). The maximum atomic E-state index is 14.9. The molecule has 0 bridgehead atoms. The summed E-state index contributed by atoms with van der Waals surface area (Å²) in [7, 11) is 1.54. The van der Waals surface area contributed by atoms with Crippen LogP contribution in [0.4, 0.5) is 4.39 Å². The topological polar surface area (TPSA) is 117 Å². The van der Waals surface area contributed by atoms with Gasteiger partial charge in [0, 0.05) is 25.7 Å². The van der Waals surface area contributed by atoms with Crippen molar-refractivity contribution in [2.24, 2.45) is 10.7 Å². The van der Waals surface area contributed by atoms with E-state index in [-0.39, 0.29) is 30.5 Å². The van der Waals surface area contributed by atoms with Gasteiger partial charge < -0.3 is 20.9 Å². The van der Waals surface area contributed by atoms with E-state index in [1.54, 1.807) is 13.2 Å². The van der Waals surface area contributed by atoms with Crippen molar-refractivity contribution in [1.29, 1.82) is 0 Å². The number of carbonyl (C=O) groups excluding carboxylic acids is 2. The maximum absolute atomic E-state index is 14.9. The zero-order chi connectivity index (χ0) is 26.7. The summed E-state index contributed by atoms with van der Waals surface area (Å²) in [6.45, 7) is 4.24. The van der Waals surface area contributed by atoms with Gasteiger partial charge in [-0.05, 0) is 54.2 Å². The van der Waals surface area contributed by atoms with Crippen molar-refractivity contribution in [3.63, 3.8) is 0 Å². The second-order valence-electron chi connectivity index (χ2n) is 9.83. The van der Waals surface area contributed by atoms with E-state index in [4.69, 9.17) is 10.5 Å². The fourth-order valence-electron chi connectivity index (χ4n) is 5.40. The molecule has 0 saturated carbocycles. The molecule has 8 nitrogen and oxygen atoms in total. The number of guanidine groups is 1. The number of nitrogens with zero attached hydrogens (tertiary/aromatic N) is 2. The molecule has 2 aromatic carbocycles. The van der Waals surface area contributed by atoms with Crippen LogP contribution in [0.1, 0.15) is 78.7 Å². The van der Waals surface area contributed by atoms with Crippen molar-refractivity contribution in [3.05, 3.63) is 70.5 Å². The molecule has 2 aromatic rings. The highest BCUT2D eigenvalue weighted by atomic mass is 19.1. The average Bonchev–Trinajstić information content (AvgIpc) is 3.19. The van der Waals surface area contributed by atoms with Gasteiger partial charge in [-0.3, -0.25) is 14.5 Å². The summed E-state index contributed by atoms with van der Waals surface area (Å²) in [6, 6.07) is 10.3. The minimum Gasteiger partial charge on any atom is -0.390 e. The van der Waals surface area contributed by atoms with Crippen molar-refractivity contribution in [2.75, 3.05) is 13.7 Å². The van der Waals surface area contributed by atoms with Crippen molar-refractivity contribution < 1.29 is 23.8 Å². The van der Waals surface area contributed by atoms with Gasteiger partial charge in [0.25, 0.3) is 5.91 Å². The second kappa shape index (κ2) is 11.0. The monoisotopic (exact) mass is 510 g/mol. The summed E-state index contributed by atoms with van der Waals surface area (Å²) in [5.41, 5.74) is 8.09. The Kier molecular flexibility index (Phi) is 7.94. The van der Waals surface area contributed by atoms with E-state index in [1.807, 2.05) is 38.1 Å². The van der Waals surface area contributed by atoms with Crippen LogP contribution >= 0.6 is 0 Å². The van der Waals surface area contributed by atoms with Crippen LogP contribution in [0.3, 0.4) is 0 Å². The smallest absolute Gasteiger partial charge is 0.251 e. The van der Waals surface area contributed by atoms with Crippen LogP contribution in [0.2, 0.25) is 0 Å². The highest BCUT2D eigenvalue weighted by Crippen LogP contribution is 2.35. The quantitative estimate of drug-likeness (QED) is 0.478. The van der Waals surface area contributed by atoms with E-state index in [2.05, 4.69) is 10.3 Å². The Balaban J connectivity index is 1.65. The molecule has 198 valence electrons. The number of hydrogen-bond acceptors (Lipinski definition) is 6. The molecule has 1 heterocycles. The SMILES string of the molecule is CCC1(CC)CC(=O)N(C(CCOC)c2cc(F)cc(C(=O)N[C@@H]3c4ccccc4C[C@H]3O)c2)C(N)=N1. The highest BCUT2D eigenvalue weighted by molar-refractivity contribution is 6.00.